The van der Waals surface area contributed by atoms with Crippen LogP contribution in [0.25, 0.3) is 0 Å². The molecule has 1 aromatic carbocycles. The number of fused-ring (bicyclic) bond motifs is 3. The smallest absolute Gasteiger partial charge is 0.258 e. The number of hydrogen-bond acceptors (Lipinski definition) is 5. The molecule has 146 valence electrons. The van der Waals surface area contributed by atoms with Gasteiger partial charge in [0.2, 0.25) is 11.8 Å². The van der Waals surface area contributed by atoms with Crippen molar-refractivity contribution in [2.24, 2.45) is 7.05 Å². The Bertz CT molecular complexity index is 984. The lowest BCUT2D eigenvalue weighted by Gasteiger charge is -2.48. The van der Waals surface area contributed by atoms with Crippen LogP contribution in [0.5, 0.6) is 0 Å². The molecule has 1 saturated heterocycles. The van der Waals surface area contributed by atoms with E-state index in [0.717, 1.165) is 5.82 Å². The first-order valence-electron chi connectivity index (χ1n) is 9.18. The number of hydrogen-bond donors (Lipinski definition) is 1. The summed E-state index contributed by atoms with van der Waals surface area (Å²) >= 11 is 0. The number of aromatic nitrogens is 3. The molecule has 9 heteroatoms. The lowest BCUT2D eigenvalue weighted by Crippen LogP contribution is -2.63. The summed E-state index contributed by atoms with van der Waals surface area (Å²) in [5.74, 6) is 0.787. The van der Waals surface area contributed by atoms with Crippen molar-refractivity contribution in [2.45, 2.75) is 38.9 Å². The van der Waals surface area contributed by atoms with Gasteiger partial charge in [-0.2, -0.15) is 0 Å². The molecule has 0 aliphatic carbocycles. The van der Waals surface area contributed by atoms with Gasteiger partial charge in [-0.25, -0.2) is 0 Å². The van der Waals surface area contributed by atoms with Crippen LogP contribution in [-0.4, -0.2) is 49.6 Å². The van der Waals surface area contributed by atoms with Gasteiger partial charge < -0.3 is 14.8 Å². The fraction of sp³-hybridized carbons (Fsp3) is 0.421. The molecule has 2 aliphatic rings. The van der Waals surface area contributed by atoms with Crippen LogP contribution in [0.2, 0.25) is 0 Å². The minimum absolute atomic E-state index is 0.0394. The molecule has 0 radical (unpaired) electrons. The van der Waals surface area contributed by atoms with E-state index in [9.17, 15) is 14.4 Å². The summed E-state index contributed by atoms with van der Waals surface area (Å²) in [5.41, 5.74) is 0.206. The summed E-state index contributed by atoms with van der Waals surface area (Å²) in [5, 5.41) is 10.8. The van der Waals surface area contributed by atoms with E-state index in [4.69, 9.17) is 0 Å². The third-order valence-electron chi connectivity index (χ3n) is 5.67. The summed E-state index contributed by atoms with van der Waals surface area (Å²) in [6.07, 6.45) is 0.829. The Morgan fingerprint density at radius 3 is 2.71 bits per heavy atom. The number of amides is 3. The van der Waals surface area contributed by atoms with Gasteiger partial charge in [-0.05, 0) is 32.4 Å². The predicted molar refractivity (Wildman–Crippen MR) is 100 cm³/mol. The molecule has 1 atom stereocenters. The first kappa shape index (κ1) is 18.1. The molecular weight excluding hydrogens is 360 g/mol. The summed E-state index contributed by atoms with van der Waals surface area (Å²) in [6, 6.07) is 7.04. The molecule has 2 aliphatic heterocycles. The maximum Gasteiger partial charge on any atom is 0.258 e. The van der Waals surface area contributed by atoms with E-state index >= 15 is 0 Å². The van der Waals surface area contributed by atoms with Crippen molar-refractivity contribution < 1.29 is 14.4 Å². The zero-order valence-electron chi connectivity index (χ0n) is 16.1. The molecule has 4 rings (SSSR count). The highest BCUT2D eigenvalue weighted by atomic mass is 16.2. The van der Waals surface area contributed by atoms with Gasteiger partial charge in [0, 0.05) is 13.5 Å². The molecule has 28 heavy (non-hydrogen) atoms. The Morgan fingerprint density at radius 1 is 1.25 bits per heavy atom. The third kappa shape index (κ3) is 2.65. The zero-order valence-corrected chi connectivity index (χ0v) is 16.1. The van der Waals surface area contributed by atoms with E-state index in [0.29, 0.717) is 29.9 Å². The van der Waals surface area contributed by atoms with E-state index < -0.39 is 5.66 Å². The molecule has 3 heterocycles. The Morgan fingerprint density at radius 2 is 2.00 bits per heavy atom. The quantitative estimate of drug-likeness (QED) is 0.841. The molecule has 0 unspecified atom stereocenters. The van der Waals surface area contributed by atoms with Gasteiger partial charge in [0.05, 0.1) is 17.8 Å². The van der Waals surface area contributed by atoms with Gasteiger partial charge in [0.25, 0.3) is 5.91 Å². The van der Waals surface area contributed by atoms with Gasteiger partial charge in [-0.1, -0.05) is 12.1 Å². The maximum atomic E-state index is 13.1. The van der Waals surface area contributed by atoms with Crippen LogP contribution in [-0.2, 0) is 23.2 Å². The highest BCUT2D eigenvalue weighted by molar-refractivity contribution is 6.11. The van der Waals surface area contributed by atoms with Gasteiger partial charge in [0.1, 0.15) is 18.0 Å². The minimum atomic E-state index is -0.846. The van der Waals surface area contributed by atoms with Gasteiger partial charge in [0.15, 0.2) is 5.82 Å². The van der Waals surface area contributed by atoms with Crippen LogP contribution in [0.15, 0.2) is 24.3 Å². The fourth-order valence-electron chi connectivity index (χ4n) is 3.92. The zero-order chi connectivity index (χ0) is 20.1. The van der Waals surface area contributed by atoms with Crippen LogP contribution in [0.1, 0.15) is 41.8 Å². The second-order valence-electron chi connectivity index (χ2n) is 7.35. The number of para-hydroxylation sites is 1. The number of rotatable bonds is 4. The van der Waals surface area contributed by atoms with Gasteiger partial charge in [-0.15, -0.1) is 10.2 Å². The van der Waals surface area contributed by atoms with Crippen molar-refractivity contribution in [3.8, 4) is 0 Å². The summed E-state index contributed by atoms with van der Waals surface area (Å²) in [6.45, 7) is 3.75. The second kappa shape index (κ2) is 6.43. The highest BCUT2D eigenvalue weighted by Crippen LogP contribution is 2.43. The van der Waals surface area contributed by atoms with Crippen molar-refractivity contribution >= 4 is 23.4 Å². The lowest BCUT2D eigenvalue weighted by atomic mass is 9.98. The Balaban J connectivity index is 1.57. The van der Waals surface area contributed by atoms with Crippen molar-refractivity contribution in [3.05, 3.63) is 41.5 Å². The van der Waals surface area contributed by atoms with Crippen LogP contribution < -0.4 is 10.2 Å². The van der Waals surface area contributed by atoms with Crippen molar-refractivity contribution in [3.63, 3.8) is 0 Å². The number of nitrogens with one attached hydrogen (secondary N) is 1. The third-order valence-corrected chi connectivity index (χ3v) is 5.67. The number of carbonyl (C=O) groups excluding carboxylic acids is 3. The molecule has 3 amide bonds. The van der Waals surface area contributed by atoms with Crippen LogP contribution >= 0.6 is 0 Å². The van der Waals surface area contributed by atoms with Crippen molar-refractivity contribution in [1.29, 1.82) is 0 Å². The average molecular weight is 382 g/mol. The molecule has 0 spiro atoms. The van der Waals surface area contributed by atoms with Crippen LogP contribution in [0.4, 0.5) is 5.69 Å². The molecule has 1 N–H and O–H groups in total. The molecule has 0 bridgehead atoms. The standard InChI is InChI=1S/C19H22N6O3/c1-12-21-22-15(23(12)3)10-20-16(26)11-24-18(28)13-6-4-5-7-14(13)25-17(27)8-9-19(24,25)2/h4-7H,8-11H2,1-3H3,(H,20,26)/t19-/m1/s1. The summed E-state index contributed by atoms with van der Waals surface area (Å²) in [4.78, 5) is 41.4. The van der Waals surface area contributed by atoms with Gasteiger partial charge in [-0.3, -0.25) is 19.3 Å². The first-order chi connectivity index (χ1) is 13.3. The average Bonchev–Trinajstić information content (AvgIpc) is 3.17. The van der Waals surface area contributed by atoms with E-state index in [-0.39, 0.29) is 30.8 Å². The molecular formula is C19H22N6O3. The molecule has 9 nitrogen and oxygen atoms in total. The van der Waals surface area contributed by atoms with E-state index in [1.165, 1.54) is 4.90 Å². The van der Waals surface area contributed by atoms with Crippen molar-refractivity contribution in [2.75, 3.05) is 11.4 Å². The molecule has 0 saturated carbocycles. The first-order valence-corrected chi connectivity index (χ1v) is 9.18. The Labute approximate surface area is 162 Å². The fourth-order valence-corrected chi connectivity index (χ4v) is 3.92. The molecule has 1 aromatic heterocycles. The van der Waals surface area contributed by atoms with E-state index in [1.54, 1.807) is 27.7 Å². The number of carbonyl (C=O) groups is 3. The van der Waals surface area contributed by atoms with Crippen LogP contribution in [0, 0.1) is 6.92 Å². The van der Waals surface area contributed by atoms with Gasteiger partial charge >= 0.3 is 0 Å². The molecule has 1 fully saturated rings. The molecule has 2 aromatic rings. The van der Waals surface area contributed by atoms with Crippen LogP contribution in [0.3, 0.4) is 0 Å². The number of benzene rings is 1. The SMILES string of the molecule is Cc1nnc(CNC(=O)CN2C(=O)c3ccccc3N3C(=O)CC[C@]23C)n1C. The Hall–Kier alpha value is -3.23. The summed E-state index contributed by atoms with van der Waals surface area (Å²) in [7, 11) is 1.82. The number of aryl methyl sites for hydroxylation is 1. The second-order valence-corrected chi connectivity index (χ2v) is 7.35. The topological polar surface area (TPSA) is 100 Å². The highest BCUT2D eigenvalue weighted by Gasteiger charge is 2.53. The monoisotopic (exact) mass is 382 g/mol. The normalized spacial score (nSPS) is 21.0. The van der Waals surface area contributed by atoms with Crippen molar-refractivity contribution in [1.82, 2.24) is 25.0 Å². The lowest BCUT2D eigenvalue weighted by molar-refractivity contribution is -0.124. The predicted octanol–water partition coefficient (Wildman–Crippen LogP) is 0.739. The van der Waals surface area contributed by atoms with E-state index in [1.807, 2.05) is 27.0 Å². The largest absolute Gasteiger partial charge is 0.347 e. The number of anilines is 1. The maximum absolute atomic E-state index is 13.1. The summed E-state index contributed by atoms with van der Waals surface area (Å²) < 4.78 is 1.79. The van der Waals surface area contributed by atoms with E-state index in [2.05, 4.69) is 15.5 Å². The minimum Gasteiger partial charge on any atom is -0.347 e. The Kier molecular flexibility index (Phi) is 4.17. The number of nitrogens with zero attached hydrogens (tertiary/aromatic N) is 5.